The fourth-order valence-electron chi connectivity index (χ4n) is 2.06. The van der Waals surface area contributed by atoms with Crippen molar-refractivity contribution in [2.75, 3.05) is 12.3 Å². The number of halogens is 1. The van der Waals surface area contributed by atoms with Gasteiger partial charge in [-0.05, 0) is 67.0 Å². The third kappa shape index (κ3) is 5.16. The first-order chi connectivity index (χ1) is 10.2. The molecule has 0 aliphatic rings. The van der Waals surface area contributed by atoms with Crippen molar-refractivity contribution in [3.05, 3.63) is 45.8 Å². The maximum atomic E-state index is 5.15. The highest BCUT2D eigenvalue weighted by molar-refractivity contribution is 9.10. The minimum Gasteiger partial charge on any atom is -0.361 e. The first-order valence-corrected chi connectivity index (χ1v) is 8.96. The molecule has 0 saturated carbocycles. The molecular weight excluding hydrogens is 348 g/mol. The van der Waals surface area contributed by atoms with Gasteiger partial charge in [-0.15, -0.1) is 11.8 Å². The van der Waals surface area contributed by atoms with Crippen molar-refractivity contribution in [3.8, 4) is 0 Å². The maximum absolute atomic E-state index is 5.15. The number of thioether (sulfide) groups is 1. The van der Waals surface area contributed by atoms with Crippen LogP contribution in [0.5, 0.6) is 0 Å². The second-order valence-corrected chi connectivity index (χ2v) is 6.96. The molecule has 0 radical (unpaired) electrons. The van der Waals surface area contributed by atoms with Crippen LogP contribution in [-0.2, 0) is 6.54 Å². The van der Waals surface area contributed by atoms with E-state index in [0.717, 1.165) is 30.3 Å². The summed E-state index contributed by atoms with van der Waals surface area (Å²) >= 11 is 5.49. The highest BCUT2D eigenvalue weighted by Crippen LogP contribution is 2.27. The fraction of sp³-hybridized carbons (Fsp3) is 0.438. The second-order valence-electron chi connectivity index (χ2n) is 4.97. The average molecular weight is 369 g/mol. The molecule has 0 aliphatic heterocycles. The smallest absolute Gasteiger partial charge is 0.138 e. The van der Waals surface area contributed by atoms with Crippen LogP contribution in [0.25, 0.3) is 0 Å². The highest BCUT2D eigenvalue weighted by atomic mass is 79.9. The number of unbranched alkanes of at least 4 members (excludes halogenated alkanes) is 1. The van der Waals surface area contributed by atoms with E-state index >= 15 is 0 Å². The molecular formula is C16H21BrN2OS. The number of rotatable bonds is 8. The van der Waals surface area contributed by atoms with Crippen LogP contribution in [0.1, 0.15) is 29.9 Å². The van der Waals surface area contributed by atoms with Crippen molar-refractivity contribution in [2.24, 2.45) is 0 Å². The molecule has 0 atom stereocenters. The molecule has 0 saturated heterocycles. The lowest BCUT2D eigenvalue weighted by Gasteiger charge is -2.05. The van der Waals surface area contributed by atoms with Crippen LogP contribution in [0.4, 0.5) is 0 Å². The van der Waals surface area contributed by atoms with E-state index in [1.165, 1.54) is 27.8 Å². The molecule has 1 aromatic carbocycles. The van der Waals surface area contributed by atoms with Gasteiger partial charge in [0.1, 0.15) is 5.76 Å². The van der Waals surface area contributed by atoms with E-state index in [4.69, 9.17) is 4.52 Å². The number of aryl methyl sites for hydroxylation is 2. The Morgan fingerprint density at radius 1 is 1.24 bits per heavy atom. The number of aromatic nitrogens is 1. The summed E-state index contributed by atoms with van der Waals surface area (Å²) in [7, 11) is 0. The standard InChI is InChI=1S/C16H21BrN2OS/c1-12-14(13(2)20-19-12)11-18-9-5-6-10-21-16-8-4-3-7-15(16)17/h3-4,7-8,18H,5-6,9-11H2,1-2H3. The van der Waals surface area contributed by atoms with E-state index in [9.17, 15) is 0 Å². The predicted octanol–water partition coefficient (Wildman–Crippen LogP) is 4.72. The lowest BCUT2D eigenvalue weighted by atomic mass is 10.2. The van der Waals surface area contributed by atoms with Gasteiger partial charge in [-0.2, -0.15) is 0 Å². The van der Waals surface area contributed by atoms with Crippen LogP contribution in [0.3, 0.4) is 0 Å². The van der Waals surface area contributed by atoms with Crippen LogP contribution in [-0.4, -0.2) is 17.5 Å². The summed E-state index contributed by atoms with van der Waals surface area (Å²) in [4.78, 5) is 1.32. The van der Waals surface area contributed by atoms with Crippen LogP contribution < -0.4 is 5.32 Å². The maximum Gasteiger partial charge on any atom is 0.138 e. The van der Waals surface area contributed by atoms with E-state index in [1.807, 2.05) is 31.7 Å². The molecule has 1 heterocycles. The molecule has 3 nitrogen and oxygen atoms in total. The molecule has 21 heavy (non-hydrogen) atoms. The summed E-state index contributed by atoms with van der Waals surface area (Å²) in [6.07, 6.45) is 2.39. The number of nitrogens with zero attached hydrogens (tertiary/aromatic N) is 1. The van der Waals surface area contributed by atoms with Gasteiger partial charge in [-0.1, -0.05) is 17.3 Å². The van der Waals surface area contributed by atoms with Gasteiger partial charge in [0, 0.05) is 21.5 Å². The number of hydrogen-bond acceptors (Lipinski definition) is 4. The molecule has 5 heteroatoms. The van der Waals surface area contributed by atoms with Crippen molar-refractivity contribution >= 4 is 27.7 Å². The van der Waals surface area contributed by atoms with Crippen LogP contribution in [0.15, 0.2) is 38.2 Å². The zero-order chi connectivity index (χ0) is 15.1. The lowest BCUT2D eigenvalue weighted by Crippen LogP contribution is -2.15. The van der Waals surface area contributed by atoms with Gasteiger partial charge in [0.15, 0.2) is 0 Å². The molecule has 0 unspecified atom stereocenters. The van der Waals surface area contributed by atoms with Gasteiger partial charge < -0.3 is 9.84 Å². The Labute approximate surface area is 139 Å². The summed E-state index contributed by atoms with van der Waals surface area (Å²) < 4.78 is 6.34. The van der Waals surface area contributed by atoms with Crippen molar-refractivity contribution in [2.45, 2.75) is 38.1 Å². The van der Waals surface area contributed by atoms with Crippen molar-refractivity contribution in [1.29, 1.82) is 0 Å². The van der Waals surface area contributed by atoms with Crippen LogP contribution >= 0.6 is 27.7 Å². The normalized spacial score (nSPS) is 11.0. The number of hydrogen-bond donors (Lipinski definition) is 1. The van der Waals surface area contributed by atoms with Crippen molar-refractivity contribution < 1.29 is 4.52 Å². The van der Waals surface area contributed by atoms with E-state index in [1.54, 1.807) is 0 Å². The van der Waals surface area contributed by atoms with Crippen LogP contribution in [0.2, 0.25) is 0 Å². The third-order valence-electron chi connectivity index (χ3n) is 3.33. The monoisotopic (exact) mass is 368 g/mol. The summed E-state index contributed by atoms with van der Waals surface area (Å²) in [5.41, 5.74) is 2.18. The van der Waals surface area contributed by atoms with E-state index in [2.05, 4.69) is 44.6 Å². The van der Waals surface area contributed by atoms with Gasteiger partial charge in [-0.25, -0.2) is 0 Å². The largest absolute Gasteiger partial charge is 0.361 e. The van der Waals surface area contributed by atoms with Gasteiger partial charge >= 0.3 is 0 Å². The first-order valence-electron chi connectivity index (χ1n) is 7.18. The van der Waals surface area contributed by atoms with Crippen LogP contribution in [0, 0.1) is 13.8 Å². The Morgan fingerprint density at radius 2 is 2.05 bits per heavy atom. The Balaban J connectivity index is 1.58. The van der Waals surface area contributed by atoms with Gasteiger partial charge in [-0.3, -0.25) is 0 Å². The quantitative estimate of drug-likeness (QED) is 0.540. The summed E-state index contributed by atoms with van der Waals surface area (Å²) in [5.74, 6) is 2.07. The van der Waals surface area contributed by atoms with Gasteiger partial charge in [0.2, 0.25) is 0 Å². The second kappa shape index (κ2) is 8.61. The molecule has 0 amide bonds. The Hall–Kier alpha value is -0.780. The average Bonchev–Trinajstić information content (AvgIpc) is 2.79. The topological polar surface area (TPSA) is 38.1 Å². The molecule has 0 bridgehead atoms. The van der Waals surface area contributed by atoms with Gasteiger partial charge in [0.25, 0.3) is 0 Å². The number of benzene rings is 1. The molecule has 1 aromatic heterocycles. The van der Waals surface area contributed by atoms with Gasteiger partial charge in [0.05, 0.1) is 5.69 Å². The number of nitrogens with one attached hydrogen (secondary N) is 1. The predicted molar refractivity (Wildman–Crippen MR) is 91.8 cm³/mol. The summed E-state index contributed by atoms with van der Waals surface area (Å²) in [6, 6.07) is 8.38. The minimum atomic E-state index is 0.846. The zero-order valence-corrected chi connectivity index (χ0v) is 14.9. The van der Waals surface area contributed by atoms with Crippen molar-refractivity contribution in [3.63, 3.8) is 0 Å². The highest BCUT2D eigenvalue weighted by Gasteiger charge is 2.07. The summed E-state index contributed by atoms with van der Waals surface area (Å²) in [5, 5.41) is 7.42. The van der Waals surface area contributed by atoms with E-state index in [-0.39, 0.29) is 0 Å². The van der Waals surface area contributed by atoms with Crippen molar-refractivity contribution in [1.82, 2.24) is 10.5 Å². The first kappa shape index (κ1) is 16.6. The molecule has 1 N–H and O–H groups in total. The zero-order valence-electron chi connectivity index (χ0n) is 12.5. The molecule has 114 valence electrons. The SMILES string of the molecule is Cc1noc(C)c1CNCCCCSc1ccccc1Br. The Kier molecular flexibility index (Phi) is 6.80. The Morgan fingerprint density at radius 3 is 2.76 bits per heavy atom. The molecule has 0 aliphatic carbocycles. The third-order valence-corrected chi connectivity index (χ3v) is 5.44. The molecule has 2 rings (SSSR count). The molecule has 0 fully saturated rings. The molecule has 0 spiro atoms. The molecule has 2 aromatic rings. The summed E-state index contributed by atoms with van der Waals surface area (Å²) in [6.45, 7) is 5.83. The Bertz CT molecular complexity index is 552. The van der Waals surface area contributed by atoms with E-state index in [0.29, 0.717) is 0 Å². The fourth-order valence-corrected chi connectivity index (χ4v) is 3.64. The minimum absolute atomic E-state index is 0.846. The van der Waals surface area contributed by atoms with E-state index < -0.39 is 0 Å². The lowest BCUT2D eigenvalue weighted by molar-refractivity contribution is 0.392.